The number of nitriles is 1. The van der Waals surface area contributed by atoms with Crippen molar-refractivity contribution in [1.29, 1.82) is 5.26 Å². The van der Waals surface area contributed by atoms with E-state index in [0.717, 1.165) is 35.1 Å². The second-order valence-electron chi connectivity index (χ2n) is 6.08. The largest absolute Gasteiger partial charge is 0.206 e. The molecule has 126 valence electrons. The monoisotopic (exact) mass is 339 g/mol. The Hall–Kier alpha value is -3.36. The zero-order chi connectivity index (χ0) is 18.4. The minimum Gasteiger partial charge on any atom is -0.206 e. The van der Waals surface area contributed by atoms with Crippen LogP contribution in [-0.4, -0.2) is 0 Å². The molecule has 0 atom stereocenters. The van der Waals surface area contributed by atoms with E-state index in [2.05, 4.69) is 24.8 Å². The molecule has 1 nitrogen and oxygen atoms in total. The predicted octanol–water partition coefficient (Wildman–Crippen LogP) is 5.72. The van der Waals surface area contributed by atoms with Crippen molar-refractivity contribution >= 4 is 0 Å². The molecular weight excluding hydrogens is 321 g/mol. The first-order valence-corrected chi connectivity index (χ1v) is 8.60. The summed E-state index contributed by atoms with van der Waals surface area (Å²) in [6.45, 7) is 2.09. The van der Waals surface area contributed by atoms with Gasteiger partial charge >= 0.3 is 0 Å². The molecule has 0 unspecified atom stereocenters. The van der Waals surface area contributed by atoms with Gasteiger partial charge in [-0.25, -0.2) is 4.39 Å². The second kappa shape index (κ2) is 8.15. The van der Waals surface area contributed by atoms with Gasteiger partial charge in [0.25, 0.3) is 0 Å². The molecule has 0 amide bonds. The first kappa shape index (κ1) is 17.5. The van der Waals surface area contributed by atoms with Crippen LogP contribution in [0.25, 0.3) is 11.1 Å². The second-order valence-corrected chi connectivity index (χ2v) is 6.08. The van der Waals surface area contributed by atoms with Gasteiger partial charge in [-0.2, -0.15) is 5.26 Å². The fraction of sp³-hybridized carbons (Fsp3) is 0.125. The van der Waals surface area contributed by atoms with Crippen LogP contribution in [0.3, 0.4) is 0 Å². The fourth-order valence-corrected chi connectivity index (χ4v) is 2.74. The molecule has 0 saturated heterocycles. The summed E-state index contributed by atoms with van der Waals surface area (Å²) in [6.07, 6.45) is 1.90. The maximum atomic E-state index is 14.3. The van der Waals surface area contributed by atoms with Crippen molar-refractivity contribution in [3.8, 4) is 29.0 Å². The molecule has 0 saturated carbocycles. The van der Waals surface area contributed by atoms with Crippen LogP contribution in [0.5, 0.6) is 0 Å². The summed E-state index contributed by atoms with van der Waals surface area (Å²) in [5.74, 6) is 5.97. The van der Waals surface area contributed by atoms with E-state index in [-0.39, 0.29) is 5.82 Å². The Morgan fingerprint density at radius 2 is 1.38 bits per heavy atom. The van der Waals surface area contributed by atoms with Crippen molar-refractivity contribution in [1.82, 2.24) is 0 Å². The molecule has 0 aliphatic carbocycles. The smallest absolute Gasteiger partial charge is 0.131 e. The van der Waals surface area contributed by atoms with E-state index in [4.69, 9.17) is 5.26 Å². The molecule has 0 fully saturated rings. The van der Waals surface area contributed by atoms with Gasteiger partial charge in [-0.3, -0.25) is 0 Å². The number of aryl methyl sites for hydroxylation is 1. The van der Waals surface area contributed by atoms with Gasteiger partial charge in [0.05, 0.1) is 11.6 Å². The third-order valence-electron chi connectivity index (χ3n) is 4.13. The molecule has 0 radical (unpaired) electrons. The van der Waals surface area contributed by atoms with E-state index in [0.29, 0.717) is 11.1 Å². The molecule has 3 aromatic rings. The lowest BCUT2D eigenvalue weighted by Crippen LogP contribution is -1.89. The Morgan fingerprint density at radius 1 is 0.808 bits per heavy atom. The van der Waals surface area contributed by atoms with Crippen molar-refractivity contribution in [2.75, 3.05) is 0 Å². The fourth-order valence-electron chi connectivity index (χ4n) is 2.74. The molecule has 26 heavy (non-hydrogen) atoms. The standard InChI is InChI=1S/C24H18FN/c1-2-3-20-12-15-23(24(25)16-20)22-13-10-19(11-14-22)5-4-18-6-8-21(17-26)9-7-18/h6-16H,2-3H2,1H3. The third-order valence-corrected chi connectivity index (χ3v) is 4.13. The molecule has 3 aromatic carbocycles. The molecule has 0 N–H and O–H groups in total. The zero-order valence-corrected chi connectivity index (χ0v) is 14.6. The maximum Gasteiger partial charge on any atom is 0.131 e. The predicted molar refractivity (Wildman–Crippen MR) is 103 cm³/mol. The number of hydrogen-bond donors (Lipinski definition) is 0. The van der Waals surface area contributed by atoms with Crippen LogP contribution in [0.4, 0.5) is 4.39 Å². The van der Waals surface area contributed by atoms with Gasteiger partial charge in [0, 0.05) is 16.7 Å². The average Bonchev–Trinajstić information content (AvgIpc) is 2.68. The molecule has 0 bridgehead atoms. The van der Waals surface area contributed by atoms with Crippen molar-refractivity contribution < 1.29 is 4.39 Å². The van der Waals surface area contributed by atoms with Crippen LogP contribution in [-0.2, 0) is 6.42 Å². The quantitative estimate of drug-likeness (QED) is 0.560. The molecule has 0 heterocycles. The van der Waals surface area contributed by atoms with Crippen LogP contribution >= 0.6 is 0 Å². The Balaban J connectivity index is 1.79. The summed E-state index contributed by atoms with van der Waals surface area (Å²) in [6, 6.07) is 22.3. The van der Waals surface area contributed by atoms with Gasteiger partial charge in [0.15, 0.2) is 0 Å². The van der Waals surface area contributed by atoms with E-state index >= 15 is 0 Å². The topological polar surface area (TPSA) is 23.8 Å². The van der Waals surface area contributed by atoms with E-state index in [1.165, 1.54) is 0 Å². The highest BCUT2D eigenvalue weighted by Gasteiger charge is 2.06. The number of nitrogens with zero attached hydrogens (tertiary/aromatic N) is 1. The Bertz CT molecular complexity index is 997. The van der Waals surface area contributed by atoms with Gasteiger partial charge in [-0.05, 0) is 60.0 Å². The minimum atomic E-state index is -0.188. The molecule has 0 aromatic heterocycles. The zero-order valence-electron chi connectivity index (χ0n) is 14.6. The lowest BCUT2D eigenvalue weighted by molar-refractivity contribution is 0.628. The summed E-state index contributed by atoms with van der Waals surface area (Å²) in [5, 5.41) is 8.80. The van der Waals surface area contributed by atoms with Gasteiger partial charge in [0.2, 0.25) is 0 Å². The minimum absolute atomic E-state index is 0.188. The van der Waals surface area contributed by atoms with E-state index in [9.17, 15) is 4.39 Å². The van der Waals surface area contributed by atoms with Crippen LogP contribution in [0.2, 0.25) is 0 Å². The molecule has 0 aliphatic rings. The number of halogens is 1. The Labute approximate surface area is 153 Å². The lowest BCUT2D eigenvalue weighted by Gasteiger charge is -2.06. The van der Waals surface area contributed by atoms with Gasteiger partial charge in [0.1, 0.15) is 5.82 Å². The van der Waals surface area contributed by atoms with Crippen molar-refractivity contribution in [3.63, 3.8) is 0 Å². The van der Waals surface area contributed by atoms with Gasteiger partial charge in [-0.1, -0.05) is 49.5 Å². The van der Waals surface area contributed by atoms with Gasteiger partial charge in [-0.15, -0.1) is 0 Å². The number of rotatable bonds is 3. The van der Waals surface area contributed by atoms with Crippen LogP contribution in [0, 0.1) is 29.0 Å². The summed E-state index contributed by atoms with van der Waals surface area (Å²) < 4.78 is 14.3. The highest BCUT2D eigenvalue weighted by atomic mass is 19.1. The lowest BCUT2D eigenvalue weighted by atomic mass is 10.0. The van der Waals surface area contributed by atoms with E-state index < -0.39 is 0 Å². The highest BCUT2D eigenvalue weighted by Crippen LogP contribution is 2.24. The van der Waals surface area contributed by atoms with Crippen LogP contribution < -0.4 is 0 Å². The Kier molecular flexibility index (Phi) is 5.47. The van der Waals surface area contributed by atoms with Crippen molar-refractivity contribution in [2.45, 2.75) is 19.8 Å². The van der Waals surface area contributed by atoms with Gasteiger partial charge < -0.3 is 0 Å². The van der Waals surface area contributed by atoms with Crippen LogP contribution in [0.1, 0.15) is 35.6 Å². The maximum absolute atomic E-state index is 14.3. The normalized spacial score (nSPS) is 9.88. The van der Waals surface area contributed by atoms with Crippen molar-refractivity contribution in [2.24, 2.45) is 0 Å². The molecule has 0 aliphatic heterocycles. The summed E-state index contributed by atoms with van der Waals surface area (Å²) in [5.41, 5.74) is 4.81. The first-order chi connectivity index (χ1) is 12.7. The molecule has 3 rings (SSSR count). The molecular formula is C24H18FN. The Morgan fingerprint density at radius 3 is 1.92 bits per heavy atom. The van der Waals surface area contributed by atoms with E-state index in [1.54, 1.807) is 18.2 Å². The molecule has 2 heteroatoms. The summed E-state index contributed by atoms with van der Waals surface area (Å²) >= 11 is 0. The number of hydrogen-bond acceptors (Lipinski definition) is 1. The average molecular weight is 339 g/mol. The highest BCUT2D eigenvalue weighted by molar-refractivity contribution is 5.65. The van der Waals surface area contributed by atoms with E-state index in [1.807, 2.05) is 48.5 Å². The molecule has 0 spiro atoms. The number of benzene rings is 3. The van der Waals surface area contributed by atoms with Crippen molar-refractivity contribution in [3.05, 3.63) is 94.8 Å². The SMILES string of the molecule is CCCc1ccc(-c2ccc(C#Cc3ccc(C#N)cc3)cc2)c(F)c1. The summed E-state index contributed by atoms with van der Waals surface area (Å²) in [4.78, 5) is 0. The first-order valence-electron chi connectivity index (χ1n) is 8.60. The van der Waals surface area contributed by atoms with Crippen LogP contribution in [0.15, 0.2) is 66.7 Å². The third kappa shape index (κ3) is 4.18. The summed E-state index contributed by atoms with van der Waals surface area (Å²) in [7, 11) is 0.